The zero-order valence-corrected chi connectivity index (χ0v) is 13.7. The molecule has 0 atom stereocenters. The van der Waals surface area contributed by atoms with E-state index in [2.05, 4.69) is 30.9 Å². The standard InChI is InChI=1S/C16H12BrN3S/c1-10-7-8-18-9-12(10)15-19-14(13(17)16(21)20-15)11-5-3-2-4-6-11/h2-9H,1H3,(H,19,20,21). The van der Waals surface area contributed by atoms with Crippen molar-refractivity contribution in [1.82, 2.24) is 15.0 Å². The number of halogens is 1. The van der Waals surface area contributed by atoms with Crippen LogP contribution in [0.2, 0.25) is 0 Å². The van der Waals surface area contributed by atoms with Gasteiger partial charge in [0.05, 0.1) is 10.2 Å². The van der Waals surface area contributed by atoms with E-state index in [9.17, 15) is 0 Å². The number of aryl methyl sites for hydroxylation is 1. The second-order valence-corrected chi connectivity index (χ2v) is 5.82. The van der Waals surface area contributed by atoms with Crippen molar-refractivity contribution >= 4 is 28.1 Å². The van der Waals surface area contributed by atoms with E-state index in [1.54, 1.807) is 12.4 Å². The van der Waals surface area contributed by atoms with Crippen LogP contribution in [0.5, 0.6) is 0 Å². The molecule has 0 spiro atoms. The number of H-pyrrole nitrogens is 1. The third-order valence-corrected chi connectivity index (χ3v) is 4.55. The van der Waals surface area contributed by atoms with Gasteiger partial charge in [-0.15, -0.1) is 0 Å². The number of aromatic amines is 1. The van der Waals surface area contributed by atoms with Gasteiger partial charge in [-0.3, -0.25) is 4.98 Å². The molecule has 1 aromatic carbocycles. The number of hydrogen-bond acceptors (Lipinski definition) is 3. The molecule has 0 unspecified atom stereocenters. The predicted molar refractivity (Wildman–Crippen MR) is 90.5 cm³/mol. The molecule has 0 amide bonds. The Kier molecular flexibility index (Phi) is 3.94. The average molecular weight is 358 g/mol. The van der Waals surface area contributed by atoms with Crippen molar-refractivity contribution in [2.75, 3.05) is 0 Å². The molecule has 1 N–H and O–H groups in total. The Labute approximate surface area is 136 Å². The lowest BCUT2D eigenvalue weighted by Crippen LogP contribution is -1.97. The highest BCUT2D eigenvalue weighted by Crippen LogP contribution is 2.29. The summed E-state index contributed by atoms with van der Waals surface area (Å²) in [6, 6.07) is 12.0. The molecule has 0 aliphatic carbocycles. The molecule has 0 radical (unpaired) electrons. The first-order valence-electron chi connectivity index (χ1n) is 6.43. The van der Waals surface area contributed by atoms with Crippen molar-refractivity contribution < 1.29 is 0 Å². The fourth-order valence-corrected chi connectivity index (χ4v) is 2.71. The van der Waals surface area contributed by atoms with E-state index in [1.807, 2.05) is 43.3 Å². The number of hydrogen-bond donors (Lipinski definition) is 1. The van der Waals surface area contributed by atoms with E-state index in [-0.39, 0.29) is 0 Å². The summed E-state index contributed by atoms with van der Waals surface area (Å²) in [5, 5.41) is 0. The highest BCUT2D eigenvalue weighted by atomic mass is 79.9. The smallest absolute Gasteiger partial charge is 0.144 e. The van der Waals surface area contributed by atoms with Gasteiger partial charge in [0.15, 0.2) is 0 Å². The van der Waals surface area contributed by atoms with E-state index in [0.717, 1.165) is 32.7 Å². The molecule has 104 valence electrons. The van der Waals surface area contributed by atoms with Gasteiger partial charge >= 0.3 is 0 Å². The summed E-state index contributed by atoms with van der Waals surface area (Å²) in [7, 11) is 0. The Morgan fingerprint density at radius 1 is 1.14 bits per heavy atom. The molecule has 2 heterocycles. The monoisotopic (exact) mass is 357 g/mol. The van der Waals surface area contributed by atoms with Crippen LogP contribution in [0.25, 0.3) is 22.6 Å². The van der Waals surface area contributed by atoms with Gasteiger partial charge in [-0.25, -0.2) is 4.98 Å². The summed E-state index contributed by atoms with van der Waals surface area (Å²) in [5.41, 5.74) is 4.03. The Morgan fingerprint density at radius 2 is 1.90 bits per heavy atom. The second-order valence-electron chi connectivity index (χ2n) is 4.64. The van der Waals surface area contributed by atoms with E-state index in [4.69, 9.17) is 12.2 Å². The van der Waals surface area contributed by atoms with E-state index in [0.29, 0.717) is 4.64 Å². The molecule has 0 aliphatic rings. The first-order valence-corrected chi connectivity index (χ1v) is 7.63. The molecule has 3 nitrogen and oxygen atoms in total. The Morgan fingerprint density at radius 3 is 2.62 bits per heavy atom. The molecule has 21 heavy (non-hydrogen) atoms. The predicted octanol–water partition coefficient (Wildman–Crippen LogP) is 4.94. The van der Waals surface area contributed by atoms with Gasteiger partial charge in [0.2, 0.25) is 0 Å². The van der Waals surface area contributed by atoms with Crippen LogP contribution in [0.3, 0.4) is 0 Å². The summed E-state index contributed by atoms with van der Waals surface area (Å²) in [4.78, 5) is 12.0. The first kappa shape index (κ1) is 14.1. The van der Waals surface area contributed by atoms with Crippen molar-refractivity contribution in [1.29, 1.82) is 0 Å². The Balaban J connectivity index is 2.24. The van der Waals surface area contributed by atoms with E-state index in [1.165, 1.54) is 0 Å². The fraction of sp³-hybridized carbons (Fsp3) is 0.0625. The second kappa shape index (κ2) is 5.87. The minimum Gasteiger partial charge on any atom is -0.338 e. The fourth-order valence-electron chi connectivity index (χ4n) is 2.10. The molecule has 0 saturated heterocycles. The maximum atomic E-state index is 5.37. The van der Waals surface area contributed by atoms with Crippen molar-refractivity contribution in [2.24, 2.45) is 0 Å². The molecule has 5 heteroatoms. The van der Waals surface area contributed by atoms with Gasteiger partial charge in [-0.05, 0) is 40.0 Å². The van der Waals surface area contributed by atoms with E-state index < -0.39 is 0 Å². The zero-order chi connectivity index (χ0) is 14.8. The normalized spacial score (nSPS) is 10.6. The summed E-state index contributed by atoms with van der Waals surface area (Å²) < 4.78 is 1.33. The average Bonchev–Trinajstić information content (AvgIpc) is 2.51. The van der Waals surface area contributed by atoms with Gasteiger partial charge in [0, 0.05) is 18.0 Å². The third-order valence-electron chi connectivity index (χ3n) is 3.22. The van der Waals surface area contributed by atoms with Crippen LogP contribution in [-0.4, -0.2) is 15.0 Å². The van der Waals surface area contributed by atoms with Crippen molar-refractivity contribution in [3.8, 4) is 22.6 Å². The van der Waals surface area contributed by atoms with Gasteiger partial charge in [-0.2, -0.15) is 0 Å². The van der Waals surface area contributed by atoms with Gasteiger partial charge < -0.3 is 4.98 Å². The lowest BCUT2D eigenvalue weighted by atomic mass is 10.1. The maximum Gasteiger partial charge on any atom is 0.144 e. The lowest BCUT2D eigenvalue weighted by Gasteiger charge is -2.10. The Hall–Kier alpha value is -1.85. The molecular weight excluding hydrogens is 346 g/mol. The highest BCUT2D eigenvalue weighted by molar-refractivity contribution is 9.10. The number of benzene rings is 1. The zero-order valence-electron chi connectivity index (χ0n) is 11.3. The number of nitrogens with one attached hydrogen (secondary N) is 1. The van der Waals surface area contributed by atoms with E-state index >= 15 is 0 Å². The lowest BCUT2D eigenvalue weighted by molar-refractivity contribution is 1.13. The summed E-state index contributed by atoms with van der Waals surface area (Å²) in [6.45, 7) is 2.03. The van der Waals surface area contributed by atoms with Crippen LogP contribution in [0.4, 0.5) is 0 Å². The number of aromatic nitrogens is 3. The summed E-state index contributed by atoms with van der Waals surface area (Å²) >= 11 is 8.90. The molecule has 3 aromatic rings. The topological polar surface area (TPSA) is 41.6 Å². The maximum absolute atomic E-state index is 5.37. The molecule has 0 aliphatic heterocycles. The molecule has 0 saturated carbocycles. The molecule has 0 bridgehead atoms. The van der Waals surface area contributed by atoms with Crippen molar-refractivity contribution in [3.63, 3.8) is 0 Å². The van der Waals surface area contributed by atoms with Crippen LogP contribution in [0, 0.1) is 11.6 Å². The van der Waals surface area contributed by atoms with Crippen LogP contribution in [-0.2, 0) is 0 Å². The first-order chi connectivity index (χ1) is 10.2. The number of rotatable bonds is 2. The number of pyridine rings is 1. The summed E-state index contributed by atoms with van der Waals surface area (Å²) in [6.07, 6.45) is 3.57. The molecule has 0 fully saturated rings. The minimum atomic E-state index is 0.533. The minimum absolute atomic E-state index is 0.533. The van der Waals surface area contributed by atoms with Crippen molar-refractivity contribution in [3.05, 3.63) is 63.5 Å². The van der Waals surface area contributed by atoms with Crippen LogP contribution in [0.15, 0.2) is 53.3 Å². The Bertz CT molecular complexity index is 844. The van der Waals surface area contributed by atoms with Crippen LogP contribution >= 0.6 is 28.1 Å². The summed E-state index contributed by atoms with van der Waals surface area (Å²) in [5.74, 6) is 0.729. The van der Waals surface area contributed by atoms with Gasteiger partial charge in [0.25, 0.3) is 0 Å². The van der Waals surface area contributed by atoms with Crippen molar-refractivity contribution in [2.45, 2.75) is 6.92 Å². The molecular formula is C16H12BrN3S. The van der Waals surface area contributed by atoms with Gasteiger partial charge in [0.1, 0.15) is 10.5 Å². The molecule has 3 rings (SSSR count). The van der Waals surface area contributed by atoms with Gasteiger partial charge in [-0.1, -0.05) is 42.5 Å². The third kappa shape index (κ3) is 2.80. The highest BCUT2D eigenvalue weighted by Gasteiger charge is 2.11. The largest absolute Gasteiger partial charge is 0.338 e. The number of nitrogens with zero attached hydrogens (tertiary/aromatic N) is 2. The SMILES string of the molecule is Cc1ccncc1-c1nc(=S)c(Br)c(-c2ccccc2)[nH]1. The quantitative estimate of drug-likeness (QED) is 0.660. The van der Waals surface area contributed by atoms with Crippen LogP contribution in [0.1, 0.15) is 5.56 Å². The van der Waals surface area contributed by atoms with Crippen LogP contribution < -0.4 is 0 Å². The molecule has 2 aromatic heterocycles.